The van der Waals surface area contributed by atoms with Crippen LogP contribution in [0.25, 0.3) is 0 Å². The number of nitrogens with two attached hydrogens (primary N) is 1. The van der Waals surface area contributed by atoms with Crippen molar-refractivity contribution in [3.8, 4) is 0 Å². The molecule has 0 aliphatic heterocycles. The molecule has 19 heavy (non-hydrogen) atoms. The summed E-state index contributed by atoms with van der Waals surface area (Å²) in [5, 5.41) is 2.83. The lowest BCUT2D eigenvalue weighted by atomic mass is 10.0. The van der Waals surface area contributed by atoms with Crippen LogP contribution in [0, 0.1) is 13.8 Å². The summed E-state index contributed by atoms with van der Waals surface area (Å²) in [6.45, 7) is 4.76. The van der Waals surface area contributed by atoms with Crippen LogP contribution in [0.15, 0.2) is 16.6 Å². The first-order chi connectivity index (χ1) is 8.45. The number of carbonyl (C=O) groups excluding carboxylic acids is 1. The van der Waals surface area contributed by atoms with Crippen LogP contribution in [-0.4, -0.2) is 25.7 Å². The highest BCUT2D eigenvalue weighted by atomic mass is 79.9. The maximum Gasteiger partial charge on any atom is 0.239 e. The normalized spacial score (nSPS) is 11.6. The fourth-order valence-corrected chi connectivity index (χ4v) is 2.47. The van der Waals surface area contributed by atoms with E-state index in [0.29, 0.717) is 6.54 Å². The molecule has 4 nitrogen and oxygen atoms in total. The average Bonchev–Trinajstić information content (AvgIpc) is 2.27. The highest BCUT2D eigenvalue weighted by Crippen LogP contribution is 2.20. The predicted molar refractivity (Wildman–Crippen MR) is 82.6 cm³/mol. The zero-order valence-corrected chi connectivity index (χ0v) is 13.7. The topological polar surface area (TPSA) is 64.3 Å². The van der Waals surface area contributed by atoms with Crippen molar-refractivity contribution in [3.05, 3.63) is 33.3 Å². The fraction of sp³-hybridized carbons (Fsp3) is 0.462. The van der Waals surface area contributed by atoms with Crippen molar-refractivity contribution in [2.24, 2.45) is 5.73 Å². The summed E-state index contributed by atoms with van der Waals surface area (Å²) >= 11 is 3.45. The molecule has 1 rings (SSSR count). The minimum Gasteiger partial charge on any atom is -0.383 e. The number of aryl methyl sites for hydroxylation is 2. The lowest BCUT2D eigenvalue weighted by Gasteiger charge is -2.14. The van der Waals surface area contributed by atoms with Gasteiger partial charge in [0.15, 0.2) is 0 Å². The summed E-state index contributed by atoms with van der Waals surface area (Å²) in [4.78, 5) is 11.7. The van der Waals surface area contributed by atoms with Gasteiger partial charge in [0.05, 0.1) is 6.61 Å². The first-order valence-corrected chi connectivity index (χ1v) is 6.53. The molecule has 0 aliphatic rings. The Balaban J connectivity index is 0.00000324. The third-order valence-corrected chi connectivity index (χ3v) is 3.24. The first kappa shape index (κ1) is 18.4. The Morgan fingerprint density at radius 1 is 1.42 bits per heavy atom. The van der Waals surface area contributed by atoms with Crippen LogP contribution >= 0.6 is 28.3 Å². The molecule has 0 fully saturated rings. The smallest absolute Gasteiger partial charge is 0.239 e. The minimum atomic E-state index is -0.619. The monoisotopic (exact) mass is 350 g/mol. The Kier molecular flexibility index (Phi) is 8.25. The molecular weight excluding hydrogens is 332 g/mol. The predicted octanol–water partition coefficient (Wildman–Crippen LogP) is 2.08. The number of rotatable bonds is 5. The van der Waals surface area contributed by atoms with Crippen molar-refractivity contribution in [3.63, 3.8) is 0 Å². The Morgan fingerprint density at radius 3 is 2.42 bits per heavy atom. The van der Waals surface area contributed by atoms with Gasteiger partial charge in [-0.25, -0.2) is 0 Å². The number of hydrogen-bond donors (Lipinski definition) is 2. The van der Waals surface area contributed by atoms with E-state index in [4.69, 9.17) is 10.5 Å². The van der Waals surface area contributed by atoms with Crippen LogP contribution < -0.4 is 11.1 Å². The molecule has 0 radical (unpaired) electrons. The van der Waals surface area contributed by atoms with Crippen LogP contribution in [0.3, 0.4) is 0 Å². The third kappa shape index (κ3) is 5.48. The maximum absolute atomic E-state index is 11.7. The van der Waals surface area contributed by atoms with Gasteiger partial charge in [0, 0.05) is 18.1 Å². The second kappa shape index (κ2) is 8.53. The summed E-state index contributed by atoms with van der Waals surface area (Å²) in [7, 11) is 1.52. The van der Waals surface area contributed by atoms with Gasteiger partial charge in [0.25, 0.3) is 0 Å². The quantitative estimate of drug-likeness (QED) is 0.853. The van der Waals surface area contributed by atoms with Crippen LogP contribution in [0.1, 0.15) is 16.7 Å². The summed E-state index contributed by atoms with van der Waals surface area (Å²) in [6.07, 6.45) is 0. The second-order valence-corrected chi connectivity index (χ2v) is 5.21. The van der Waals surface area contributed by atoms with Gasteiger partial charge in [0.1, 0.15) is 6.04 Å². The second-order valence-electron chi connectivity index (χ2n) is 4.30. The van der Waals surface area contributed by atoms with E-state index in [2.05, 4.69) is 21.2 Å². The number of hydrogen-bond acceptors (Lipinski definition) is 3. The number of methoxy groups -OCH3 is 1. The van der Waals surface area contributed by atoms with Gasteiger partial charge in [-0.05, 0) is 42.7 Å². The van der Waals surface area contributed by atoms with E-state index in [9.17, 15) is 4.79 Å². The van der Waals surface area contributed by atoms with E-state index >= 15 is 0 Å². The molecule has 6 heteroatoms. The number of benzene rings is 1. The summed E-state index contributed by atoms with van der Waals surface area (Å²) in [6, 6.07) is 3.44. The Morgan fingerprint density at radius 2 is 1.95 bits per heavy atom. The molecule has 108 valence electrons. The van der Waals surface area contributed by atoms with Crippen molar-refractivity contribution in [1.82, 2.24) is 5.32 Å². The van der Waals surface area contributed by atoms with Crippen molar-refractivity contribution in [2.45, 2.75) is 26.4 Å². The van der Waals surface area contributed by atoms with Gasteiger partial charge in [-0.15, -0.1) is 12.4 Å². The molecule has 3 N–H and O–H groups in total. The lowest BCUT2D eigenvalue weighted by molar-refractivity contribution is -0.123. The Labute approximate surface area is 128 Å². The minimum absolute atomic E-state index is 0. The standard InChI is InChI=1S/C13H19BrN2O2.ClH/c1-8-4-10(14)5-9(2)11(8)6-16-13(17)12(15)7-18-3;/h4-5,12H,6-7,15H2,1-3H3,(H,16,17);1H. The van der Waals surface area contributed by atoms with Crippen LogP contribution in [0.4, 0.5) is 0 Å². The van der Waals surface area contributed by atoms with Crippen molar-refractivity contribution in [2.75, 3.05) is 13.7 Å². The number of nitrogens with one attached hydrogen (secondary N) is 1. The first-order valence-electron chi connectivity index (χ1n) is 5.73. The Bertz CT molecular complexity index is 418. The summed E-state index contributed by atoms with van der Waals surface area (Å²) < 4.78 is 5.89. The van der Waals surface area contributed by atoms with Gasteiger partial charge < -0.3 is 15.8 Å². The summed E-state index contributed by atoms with van der Waals surface area (Å²) in [5.74, 6) is -0.196. The molecule has 0 heterocycles. The van der Waals surface area contributed by atoms with E-state index < -0.39 is 6.04 Å². The van der Waals surface area contributed by atoms with Crippen LogP contribution in [0.5, 0.6) is 0 Å². The number of amides is 1. The van der Waals surface area contributed by atoms with E-state index in [-0.39, 0.29) is 24.9 Å². The molecule has 0 spiro atoms. The zero-order chi connectivity index (χ0) is 13.7. The zero-order valence-electron chi connectivity index (χ0n) is 11.3. The highest BCUT2D eigenvalue weighted by molar-refractivity contribution is 9.10. The SMILES string of the molecule is COCC(N)C(=O)NCc1c(C)cc(Br)cc1C.Cl. The third-order valence-electron chi connectivity index (χ3n) is 2.78. The average molecular weight is 352 g/mol. The Hall–Kier alpha value is -0.620. The molecule has 1 amide bonds. The van der Waals surface area contributed by atoms with Crippen LogP contribution in [-0.2, 0) is 16.1 Å². The molecule has 1 aromatic carbocycles. The lowest BCUT2D eigenvalue weighted by Crippen LogP contribution is -2.43. The molecule has 1 unspecified atom stereocenters. The van der Waals surface area contributed by atoms with Crippen LogP contribution in [0.2, 0.25) is 0 Å². The largest absolute Gasteiger partial charge is 0.383 e. The highest BCUT2D eigenvalue weighted by Gasteiger charge is 2.13. The fourth-order valence-electron chi connectivity index (χ4n) is 1.78. The van der Waals surface area contributed by atoms with Gasteiger partial charge in [-0.1, -0.05) is 15.9 Å². The summed E-state index contributed by atoms with van der Waals surface area (Å²) in [5.41, 5.74) is 9.05. The molecule has 0 saturated carbocycles. The molecule has 0 aromatic heterocycles. The van der Waals surface area contributed by atoms with E-state index in [1.165, 1.54) is 7.11 Å². The van der Waals surface area contributed by atoms with E-state index in [0.717, 1.165) is 21.2 Å². The van der Waals surface area contributed by atoms with E-state index in [1.807, 2.05) is 26.0 Å². The molecular formula is C13H20BrClN2O2. The van der Waals surface area contributed by atoms with Gasteiger partial charge in [-0.3, -0.25) is 4.79 Å². The molecule has 0 aliphatic carbocycles. The molecule has 0 saturated heterocycles. The number of carbonyl (C=O) groups is 1. The molecule has 1 aromatic rings. The van der Waals surface area contributed by atoms with Crippen molar-refractivity contribution in [1.29, 1.82) is 0 Å². The molecule has 1 atom stereocenters. The van der Waals surface area contributed by atoms with Crippen molar-refractivity contribution < 1.29 is 9.53 Å². The molecule has 0 bridgehead atoms. The number of ether oxygens (including phenoxy) is 1. The van der Waals surface area contributed by atoms with Gasteiger partial charge in [-0.2, -0.15) is 0 Å². The van der Waals surface area contributed by atoms with Crippen molar-refractivity contribution >= 4 is 34.2 Å². The van der Waals surface area contributed by atoms with Gasteiger partial charge in [0.2, 0.25) is 5.91 Å². The van der Waals surface area contributed by atoms with Gasteiger partial charge >= 0.3 is 0 Å². The van der Waals surface area contributed by atoms with E-state index in [1.54, 1.807) is 0 Å². The number of halogens is 2. The maximum atomic E-state index is 11.7.